The van der Waals surface area contributed by atoms with Gasteiger partial charge in [-0.3, -0.25) is 0 Å². The Labute approximate surface area is 122 Å². The first-order chi connectivity index (χ1) is 10.2. The van der Waals surface area contributed by atoms with E-state index in [9.17, 15) is 5.26 Å². The third-order valence-electron chi connectivity index (χ3n) is 3.64. The molecule has 0 aromatic carbocycles. The monoisotopic (exact) mass is 283 g/mol. The van der Waals surface area contributed by atoms with Crippen LogP contribution in [0.1, 0.15) is 18.4 Å². The van der Waals surface area contributed by atoms with Crippen LogP contribution >= 0.6 is 0 Å². The molecule has 1 aliphatic heterocycles. The van der Waals surface area contributed by atoms with Crippen LogP contribution in [0.4, 0.5) is 11.6 Å². The summed E-state index contributed by atoms with van der Waals surface area (Å²) in [4.78, 5) is 6.26. The molecule has 1 aliphatic rings. The van der Waals surface area contributed by atoms with Crippen molar-refractivity contribution in [2.24, 2.45) is 5.73 Å². The fourth-order valence-electron chi connectivity index (χ4n) is 2.60. The molecule has 21 heavy (non-hydrogen) atoms. The van der Waals surface area contributed by atoms with E-state index in [1.807, 2.05) is 17.0 Å². The van der Waals surface area contributed by atoms with E-state index in [1.165, 1.54) is 4.68 Å². The van der Waals surface area contributed by atoms with E-state index in [2.05, 4.69) is 16.2 Å². The van der Waals surface area contributed by atoms with Crippen LogP contribution in [0.3, 0.4) is 0 Å². The first-order valence-electron chi connectivity index (χ1n) is 6.91. The van der Waals surface area contributed by atoms with Crippen LogP contribution in [0, 0.1) is 11.3 Å². The quantitative estimate of drug-likeness (QED) is 0.837. The van der Waals surface area contributed by atoms with Crippen molar-refractivity contribution in [2.75, 3.05) is 23.7 Å². The summed E-state index contributed by atoms with van der Waals surface area (Å²) in [5, 5.41) is 13.9. The molecule has 1 fully saturated rings. The molecule has 0 amide bonds. The summed E-state index contributed by atoms with van der Waals surface area (Å²) >= 11 is 0. The Morgan fingerprint density at radius 3 is 2.90 bits per heavy atom. The highest BCUT2D eigenvalue weighted by atomic mass is 15.4. The minimum atomic E-state index is 0.103. The third-order valence-corrected chi connectivity index (χ3v) is 3.64. The molecule has 1 atom stereocenters. The first-order valence-corrected chi connectivity index (χ1v) is 6.91. The van der Waals surface area contributed by atoms with E-state index < -0.39 is 0 Å². The van der Waals surface area contributed by atoms with Gasteiger partial charge in [0.15, 0.2) is 11.6 Å². The molecule has 0 radical (unpaired) electrons. The second-order valence-corrected chi connectivity index (χ2v) is 5.14. The first kappa shape index (κ1) is 13.4. The minimum Gasteiger partial charge on any atom is -0.382 e. The summed E-state index contributed by atoms with van der Waals surface area (Å²) in [6.07, 6.45) is 3.65. The fourth-order valence-corrected chi connectivity index (χ4v) is 2.60. The maximum atomic E-state index is 9.39. The van der Waals surface area contributed by atoms with Gasteiger partial charge in [-0.2, -0.15) is 9.94 Å². The molecule has 0 saturated carbocycles. The number of anilines is 2. The van der Waals surface area contributed by atoms with Gasteiger partial charge in [-0.25, -0.2) is 4.98 Å². The van der Waals surface area contributed by atoms with Gasteiger partial charge in [0.05, 0.1) is 0 Å². The summed E-state index contributed by atoms with van der Waals surface area (Å²) < 4.78 is 1.51. The van der Waals surface area contributed by atoms with Gasteiger partial charge in [-0.1, -0.05) is 6.07 Å². The van der Waals surface area contributed by atoms with Crippen molar-refractivity contribution >= 4 is 11.6 Å². The zero-order valence-electron chi connectivity index (χ0n) is 11.6. The standard InChI is InChI=1S/C14H17N7/c15-8-11-13(17)21(12-5-1-2-6-18-12)19-14(11)20-7-3-4-10(16)9-20/h1-2,5-6,10H,3-4,7,9,16-17H2. The third kappa shape index (κ3) is 2.41. The summed E-state index contributed by atoms with van der Waals surface area (Å²) in [5.41, 5.74) is 12.5. The van der Waals surface area contributed by atoms with E-state index in [4.69, 9.17) is 11.5 Å². The number of nitrogens with zero attached hydrogens (tertiary/aromatic N) is 5. The lowest BCUT2D eigenvalue weighted by Gasteiger charge is -2.30. The number of piperidine rings is 1. The van der Waals surface area contributed by atoms with Crippen LogP contribution < -0.4 is 16.4 Å². The molecular formula is C14H17N7. The largest absolute Gasteiger partial charge is 0.382 e. The van der Waals surface area contributed by atoms with Gasteiger partial charge in [-0.05, 0) is 25.0 Å². The molecule has 7 heteroatoms. The Bertz CT molecular complexity index is 671. The van der Waals surface area contributed by atoms with Crippen LogP contribution in [0.2, 0.25) is 0 Å². The van der Waals surface area contributed by atoms with Crippen molar-refractivity contribution in [3.05, 3.63) is 30.0 Å². The second-order valence-electron chi connectivity index (χ2n) is 5.14. The summed E-state index contributed by atoms with van der Waals surface area (Å²) in [6.45, 7) is 1.52. The van der Waals surface area contributed by atoms with Crippen molar-refractivity contribution in [1.82, 2.24) is 14.8 Å². The van der Waals surface area contributed by atoms with E-state index in [0.717, 1.165) is 19.4 Å². The molecule has 0 spiro atoms. The number of hydrogen-bond donors (Lipinski definition) is 2. The molecule has 2 aromatic heterocycles. The highest BCUT2D eigenvalue weighted by molar-refractivity contribution is 5.66. The smallest absolute Gasteiger partial charge is 0.171 e. The average Bonchev–Trinajstić information content (AvgIpc) is 2.85. The normalized spacial score (nSPS) is 18.5. The molecule has 1 saturated heterocycles. The molecule has 0 aliphatic carbocycles. The molecular weight excluding hydrogens is 266 g/mol. The maximum absolute atomic E-state index is 9.39. The zero-order valence-corrected chi connectivity index (χ0v) is 11.6. The van der Waals surface area contributed by atoms with Crippen molar-refractivity contribution in [1.29, 1.82) is 5.26 Å². The van der Waals surface area contributed by atoms with Gasteiger partial charge in [0, 0.05) is 25.3 Å². The number of pyridine rings is 1. The van der Waals surface area contributed by atoms with Crippen LogP contribution in [0.5, 0.6) is 0 Å². The average molecular weight is 283 g/mol. The van der Waals surface area contributed by atoms with E-state index in [0.29, 0.717) is 29.6 Å². The number of rotatable bonds is 2. The SMILES string of the molecule is N#Cc1c(N2CCCC(N)C2)nn(-c2ccccn2)c1N. The van der Waals surface area contributed by atoms with Crippen LogP contribution in [0.15, 0.2) is 24.4 Å². The summed E-state index contributed by atoms with van der Waals surface area (Å²) in [5.74, 6) is 1.50. The van der Waals surface area contributed by atoms with Crippen molar-refractivity contribution in [2.45, 2.75) is 18.9 Å². The number of nitrogen functional groups attached to an aromatic ring is 1. The Balaban J connectivity index is 2.04. The molecule has 108 valence electrons. The maximum Gasteiger partial charge on any atom is 0.171 e. The van der Waals surface area contributed by atoms with Crippen molar-refractivity contribution in [3.8, 4) is 11.9 Å². The van der Waals surface area contributed by atoms with Crippen LogP contribution in [0.25, 0.3) is 5.82 Å². The Kier molecular flexibility index (Phi) is 3.46. The van der Waals surface area contributed by atoms with Crippen molar-refractivity contribution in [3.63, 3.8) is 0 Å². The number of nitrogens with two attached hydrogens (primary N) is 2. The van der Waals surface area contributed by atoms with Gasteiger partial charge >= 0.3 is 0 Å². The lowest BCUT2D eigenvalue weighted by Crippen LogP contribution is -2.43. The molecule has 3 heterocycles. The van der Waals surface area contributed by atoms with Crippen molar-refractivity contribution < 1.29 is 0 Å². The molecule has 2 aromatic rings. The predicted octanol–water partition coefficient (Wildman–Crippen LogP) is 0.649. The second kappa shape index (κ2) is 5.42. The Morgan fingerprint density at radius 2 is 2.24 bits per heavy atom. The lowest BCUT2D eigenvalue weighted by atomic mass is 10.1. The van der Waals surface area contributed by atoms with E-state index in [1.54, 1.807) is 12.3 Å². The highest BCUT2D eigenvalue weighted by Gasteiger charge is 2.25. The highest BCUT2D eigenvalue weighted by Crippen LogP contribution is 2.28. The molecule has 0 bridgehead atoms. The zero-order chi connectivity index (χ0) is 14.8. The number of hydrogen-bond acceptors (Lipinski definition) is 6. The van der Waals surface area contributed by atoms with E-state index >= 15 is 0 Å². The van der Waals surface area contributed by atoms with Gasteiger partial charge in [0.1, 0.15) is 17.5 Å². The van der Waals surface area contributed by atoms with Gasteiger partial charge < -0.3 is 16.4 Å². The molecule has 3 rings (SSSR count). The molecule has 4 N–H and O–H groups in total. The topological polar surface area (TPSA) is 110 Å². The molecule has 1 unspecified atom stereocenters. The Hall–Kier alpha value is -2.59. The van der Waals surface area contributed by atoms with Crippen LogP contribution in [-0.2, 0) is 0 Å². The summed E-state index contributed by atoms with van der Waals surface area (Å²) in [6, 6.07) is 7.72. The number of nitriles is 1. The minimum absolute atomic E-state index is 0.103. The van der Waals surface area contributed by atoms with Gasteiger partial charge in [0.25, 0.3) is 0 Å². The summed E-state index contributed by atoms with van der Waals surface area (Å²) in [7, 11) is 0. The number of aromatic nitrogens is 3. The van der Waals surface area contributed by atoms with E-state index in [-0.39, 0.29) is 6.04 Å². The van der Waals surface area contributed by atoms with Gasteiger partial charge in [-0.15, -0.1) is 5.10 Å². The lowest BCUT2D eigenvalue weighted by molar-refractivity contribution is 0.502. The molecule has 7 nitrogen and oxygen atoms in total. The fraction of sp³-hybridized carbons (Fsp3) is 0.357. The van der Waals surface area contributed by atoms with Gasteiger partial charge in [0.2, 0.25) is 0 Å². The van der Waals surface area contributed by atoms with Crippen LogP contribution in [-0.4, -0.2) is 33.9 Å². The predicted molar refractivity (Wildman–Crippen MR) is 79.9 cm³/mol. The Morgan fingerprint density at radius 1 is 1.38 bits per heavy atom.